The molecule has 5 aromatic rings. The molecule has 0 atom stereocenters. The molecular weight excluding hydrogens is 424 g/mol. The Morgan fingerprint density at radius 1 is 0.844 bits per heavy atom. The van der Waals surface area contributed by atoms with Gasteiger partial charge in [-0.2, -0.15) is 0 Å². The zero-order valence-electron chi connectivity index (χ0n) is 17.0. The van der Waals surface area contributed by atoms with Crippen molar-refractivity contribution in [2.24, 2.45) is 0 Å². The third-order valence-electron chi connectivity index (χ3n) is 5.14. The van der Waals surface area contributed by atoms with Gasteiger partial charge in [0.1, 0.15) is 12.3 Å². The van der Waals surface area contributed by atoms with E-state index in [1.807, 2.05) is 48.5 Å². The first-order valence-corrected chi connectivity index (χ1v) is 11.7. The Hall–Kier alpha value is -3.91. The number of H-pyrrole nitrogens is 2. The number of sulfone groups is 1. The molecule has 2 N–H and O–H groups in total. The molecule has 5 rings (SSSR count). The Labute approximate surface area is 185 Å². The van der Waals surface area contributed by atoms with Crippen LogP contribution in [0, 0.1) is 0 Å². The van der Waals surface area contributed by atoms with Crippen LogP contribution < -0.4 is 4.74 Å². The number of nitrogens with one attached hydrogen (secondary N) is 2. The van der Waals surface area contributed by atoms with E-state index in [0.29, 0.717) is 27.9 Å². The highest BCUT2D eigenvalue weighted by Gasteiger charge is 2.17. The van der Waals surface area contributed by atoms with E-state index >= 15 is 0 Å². The van der Waals surface area contributed by atoms with Gasteiger partial charge in [0.15, 0.2) is 15.7 Å². The first kappa shape index (κ1) is 20.0. The summed E-state index contributed by atoms with van der Waals surface area (Å²) in [5.74, 6) is 0.977. The van der Waals surface area contributed by atoms with Crippen LogP contribution >= 0.6 is 0 Å². The van der Waals surface area contributed by atoms with Crippen molar-refractivity contribution in [3.63, 3.8) is 0 Å². The van der Waals surface area contributed by atoms with Crippen LogP contribution in [-0.2, 0) is 22.2 Å². The molecule has 3 aromatic carbocycles. The molecule has 0 spiro atoms. The maximum Gasteiger partial charge on any atom is 0.233 e. The number of benzene rings is 3. The minimum absolute atomic E-state index is 0.0959. The number of aromatic amines is 2. The predicted octanol–water partition coefficient (Wildman–Crippen LogP) is 4.51. The molecule has 0 radical (unpaired) electrons. The number of nitrogens with zero attached hydrogens (tertiary/aromatic N) is 2. The second-order valence-corrected chi connectivity index (χ2v) is 9.34. The summed E-state index contributed by atoms with van der Waals surface area (Å²) >= 11 is 0. The third kappa shape index (κ3) is 4.13. The second kappa shape index (κ2) is 8.32. The normalized spacial score (nSPS) is 11.6. The van der Waals surface area contributed by atoms with E-state index in [2.05, 4.69) is 20.2 Å². The molecule has 0 amide bonds. The van der Waals surface area contributed by atoms with Crippen LogP contribution in [0.4, 0.5) is 0 Å². The van der Waals surface area contributed by atoms with Crippen molar-refractivity contribution in [3.05, 3.63) is 96.1 Å². The van der Waals surface area contributed by atoms with Crippen LogP contribution in [0.3, 0.4) is 0 Å². The summed E-state index contributed by atoms with van der Waals surface area (Å²) in [5.41, 5.74) is 4.00. The monoisotopic (exact) mass is 444 g/mol. The van der Waals surface area contributed by atoms with Gasteiger partial charge < -0.3 is 9.72 Å². The second-order valence-electron chi connectivity index (χ2n) is 7.35. The summed E-state index contributed by atoms with van der Waals surface area (Å²) in [6, 6.07) is 25.4. The molecule has 0 fully saturated rings. The summed E-state index contributed by atoms with van der Waals surface area (Å²) in [6.07, 6.45) is 0. The van der Waals surface area contributed by atoms with Crippen molar-refractivity contribution in [1.82, 2.24) is 20.2 Å². The molecule has 0 saturated heterocycles. The molecule has 7 nitrogen and oxygen atoms in total. The number of imidazole rings is 1. The Morgan fingerprint density at radius 3 is 2.38 bits per heavy atom. The van der Waals surface area contributed by atoms with Crippen LogP contribution in [0.2, 0.25) is 0 Å². The molecule has 0 aliphatic rings. The van der Waals surface area contributed by atoms with E-state index < -0.39 is 9.84 Å². The lowest BCUT2D eigenvalue weighted by atomic mass is 10.1. The first-order valence-electron chi connectivity index (χ1n) is 10.1. The topological polar surface area (TPSA) is 101 Å². The quantitative estimate of drug-likeness (QED) is 0.385. The van der Waals surface area contributed by atoms with Gasteiger partial charge in [-0.1, -0.05) is 54.6 Å². The van der Waals surface area contributed by atoms with Crippen LogP contribution in [0.25, 0.3) is 22.6 Å². The third-order valence-corrected chi connectivity index (χ3v) is 6.82. The first-order chi connectivity index (χ1) is 15.6. The molecule has 8 heteroatoms. The summed E-state index contributed by atoms with van der Waals surface area (Å²) in [6.45, 7) is 0.199. The molecule has 2 heterocycles. The Kier molecular flexibility index (Phi) is 5.20. The molecule has 0 saturated carbocycles. The summed E-state index contributed by atoms with van der Waals surface area (Å²) in [4.78, 5) is 8.10. The van der Waals surface area contributed by atoms with E-state index in [-0.39, 0.29) is 12.4 Å². The minimum Gasteiger partial charge on any atom is -0.472 e. The van der Waals surface area contributed by atoms with Crippen molar-refractivity contribution in [2.75, 3.05) is 0 Å². The number of aromatic nitrogens is 4. The Bertz CT molecular complexity index is 1440. The molecule has 2 aromatic heterocycles. The molecule has 0 aliphatic heterocycles. The van der Waals surface area contributed by atoms with Crippen LogP contribution in [0.5, 0.6) is 5.88 Å². The molecular formula is C24H20N4O3S. The lowest BCUT2D eigenvalue weighted by Crippen LogP contribution is -2.08. The van der Waals surface area contributed by atoms with Gasteiger partial charge in [-0.3, -0.25) is 5.10 Å². The zero-order chi connectivity index (χ0) is 22.0. The van der Waals surface area contributed by atoms with Crippen LogP contribution in [-0.4, -0.2) is 28.6 Å². The highest BCUT2D eigenvalue weighted by atomic mass is 32.2. The number of para-hydroxylation sites is 2. The molecule has 32 heavy (non-hydrogen) atoms. The minimum atomic E-state index is -3.45. The molecule has 0 bridgehead atoms. The van der Waals surface area contributed by atoms with E-state index in [4.69, 9.17) is 4.74 Å². The van der Waals surface area contributed by atoms with E-state index in [1.165, 1.54) is 0 Å². The number of hydrogen-bond donors (Lipinski definition) is 2. The number of fused-ring (bicyclic) bond motifs is 1. The van der Waals surface area contributed by atoms with Gasteiger partial charge in [0, 0.05) is 6.07 Å². The predicted molar refractivity (Wildman–Crippen MR) is 122 cm³/mol. The van der Waals surface area contributed by atoms with Crippen molar-refractivity contribution >= 4 is 20.9 Å². The summed E-state index contributed by atoms with van der Waals surface area (Å²) in [5, 5.41) is 7.13. The molecule has 0 unspecified atom stereocenters. The van der Waals surface area contributed by atoms with Crippen LogP contribution in [0.15, 0.2) is 89.8 Å². The van der Waals surface area contributed by atoms with E-state index in [1.54, 1.807) is 36.4 Å². The fourth-order valence-electron chi connectivity index (χ4n) is 3.49. The van der Waals surface area contributed by atoms with Crippen molar-refractivity contribution in [1.29, 1.82) is 0 Å². The standard InChI is InChI=1S/C24H20N4O3S/c29-32(30,19-10-2-1-3-11-19)16-18-9-5-4-8-17(18)15-31-23-14-22(27-28-23)24-25-20-12-6-7-13-21(20)26-24/h1-14H,15-16H2,(H,25,26)(H,27,28). The van der Waals surface area contributed by atoms with Crippen molar-refractivity contribution in [2.45, 2.75) is 17.3 Å². The fraction of sp³-hybridized carbons (Fsp3) is 0.0833. The van der Waals surface area contributed by atoms with Crippen molar-refractivity contribution < 1.29 is 13.2 Å². The van der Waals surface area contributed by atoms with Crippen molar-refractivity contribution in [3.8, 4) is 17.4 Å². The SMILES string of the molecule is O=S(=O)(Cc1ccccc1COc1cc(-c2nc3ccccc3[nH]2)[nH]n1)c1ccccc1. The van der Waals surface area contributed by atoms with Gasteiger partial charge in [0.2, 0.25) is 5.88 Å². The average Bonchev–Trinajstić information content (AvgIpc) is 3.46. The highest BCUT2D eigenvalue weighted by molar-refractivity contribution is 7.90. The van der Waals surface area contributed by atoms with Gasteiger partial charge in [-0.15, -0.1) is 5.10 Å². The van der Waals surface area contributed by atoms with Crippen LogP contribution in [0.1, 0.15) is 11.1 Å². The van der Waals surface area contributed by atoms with Gasteiger partial charge in [0.05, 0.1) is 21.7 Å². The summed E-state index contributed by atoms with van der Waals surface area (Å²) < 4.78 is 31.4. The number of hydrogen-bond acceptors (Lipinski definition) is 5. The smallest absolute Gasteiger partial charge is 0.233 e. The van der Waals surface area contributed by atoms with Gasteiger partial charge in [-0.25, -0.2) is 13.4 Å². The maximum atomic E-state index is 12.8. The Morgan fingerprint density at radius 2 is 1.56 bits per heavy atom. The van der Waals surface area contributed by atoms with E-state index in [9.17, 15) is 8.42 Å². The fourth-order valence-corrected chi connectivity index (χ4v) is 4.92. The number of rotatable bonds is 7. The molecule has 0 aliphatic carbocycles. The van der Waals surface area contributed by atoms with Gasteiger partial charge >= 0.3 is 0 Å². The maximum absolute atomic E-state index is 12.8. The van der Waals surface area contributed by atoms with Gasteiger partial charge in [0.25, 0.3) is 0 Å². The molecule has 160 valence electrons. The number of ether oxygens (including phenoxy) is 1. The zero-order valence-corrected chi connectivity index (χ0v) is 17.8. The Balaban J connectivity index is 1.32. The largest absolute Gasteiger partial charge is 0.472 e. The average molecular weight is 445 g/mol. The highest BCUT2D eigenvalue weighted by Crippen LogP contribution is 2.23. The summed E-state index contributed by atoms with van der Waals surface area (Å²) in [7, 11) is -3.45. The lowest BCUT2D eigenvalue weighted by Gasteiger charge is -2.10. The van der Waals surface area contributed by atoms with E-state index in [0.717, 1.165) is 16.6 Å². The van der Waals surface area contributed by atoms with Gasteiger partial charge in [-0.05, 0) is 35.4 Å². The lowest BCUT2D eigenvalue weighted by molar-refractivity contribution is 0.292.